The van der Waals surface area contributed by atoms with Gasteiger partial charge in [-0.1, -0.05) is 12.1 Å². The summed E-state index contributed by atoms with van der Waals surface area (Å²) in [6.07, 6.45) is 2.23. The summed E-state index contributed by atoms with van der Waals surface area (Å²) >= 11 is 0. The molecule has 260 valence electrons. The third-order valence-corrected chi connectivity index (χ3v) is 10.6. The number of rotatable bonds is 14. The first-order valence-corrected chi connectivity index (χ1v) is 18.2. The minimum absolute atomic E-state index is 0.102. The van der Waals surface area contributed by atoms with E-state index in [0.29, 0.717) is 24.6 Å². The van der Waals surface area contributed by atoms with Gasteiger partial charge >= 0.3 is 0 Å². The topological polar surface area (TPSA) is 132 Å². The van der Waals surface area contributed by atoms with Crippen molar-refractivity contribution in [1.82, 2.24) is 19.8 Å². The smallest absolute Gasteiger partial charge is 0.206 e. The first-order chi connectivity index (χ1) is 23.8. The molecule has 2 N–H and O–H groups in total. The number of β-amino-alcohol motifs (C(OH)–C–C–N with tert-alkyl or cyclic N) is 2. The summed E-state index contributed by atoms with van der Waals surface area (Å²) in [6.45, 7) is 7.83. The Morgan fingerprint density at radius 2 is 0.959 bits per heavy atom. The average Bonchev–Trinajstić information content (AvgIpc) is 3.15. The fourth-order valence-electron chi connectivity index (χ4n) is 6.05. The summed E-state index contributed by atoms with van der Waals surface area (Å²) < 4.78 is 38.1. The Hall–Kier alpha value is -4.27. The lowest BCUT2D eigenvalue weighted by Crippen LogP contribution is -2.49. The Bertz CT molecular complexity index is 1560. The molecule has 0 saturated carbocycles. The van der Waals surface area contributed by atoms with Crippen LogP contribution in [-0.2, 0) is 9.84 Å². The van der Waals surface area contributed by atoms with Crippen LogP contribution in [0, 0.1) is 0 Å². The summed E-state index contributed by atoms with van der Waals surface area (Å²) in [5.41, 5.74) is 0. The van der Waals surface area contributed by atoms with Crippen molar-refractivity contribution in [3.63, 3.8) is 0 Å². The summed E-state index contributed by atoms with van der Waals surface area (Å²) in [4.78, 5) is 18.0. The minimum atomic E-state index is -3.76. The van der Waals surface area contributed by atoms with E-state index in [0.717, 1.165) is 64.0 Å². The highest BCUT2D eigenvalue weighted by Gasteiger charge is 2.23. The molecule has 0 amide bonds. The fourth-order valence-corrected chi connectivity index (χ4v) is 7.31. The van der Waals surface area contributed by atoms with Gasteiger partial charge in [0.05, 0.1) is 9.79 Å². The zero-order chi connectivity index (χ0) is 34.1. The summed E-state index contributed by atoms with van der Waals surface area (Å²) in [7, 11) is -3.76. The second kappa shape index (κ2) is 16.4. The van der Waals surface area contributed by atoms with Crippen LogP contribution in [0.25, 0.3) is 0 Å². The molecule has 2 atom stereocenters. The number of ether oxygens (including phenoxy) is 2. The molecule has 2 aliphatic rings. The van der Waals surface area contributed by atoms with Gasteiger partial charge in [-0.25, -0.2) is 18.4 Å². The number of hydrogen-bond acceptors (Lipinski definition) is 12. The van der Waals surface area contributed by atoms with E-state index in [-0.39, 0.29) is 23.0 Å². The number of aliphatic hydroxyl groups is 2. The highest BCUT2D eigenvalue weighted by atomic mass is 32.2. The zero-order valence-electron chi connectivity index (χ0n) is 27.5. The van der Waals surface area contributed by atoms with E-state index in [1.165, 1.54) is 24.3 Å². The molecule has 0 spiro atoms. The fraction of sp³-hybridized carbons (Fsp3) is 0.389. The van der Waals surface area contributed by atoms with Crippen molar-refractivity contribution in [3.8, 4) is 11.5 Å². The molecular formula is C36H44N6O6S. The van der Waals surface area contributed by atoms with E-state index in [1.54, 1.807) is 36.7 Å². The van der Waals surface area contributed by atoms with E-state index in [2.05, 4.69) is 29.6 Å². The van der Waals surface area contributed by atoms with Crippen LogP contribution in [0.3, 0.4) is 0 Å². The van der Waals surface area contributed by atoms with E-state index < -0.39 is 22.0 Å². The standard InChI is InChI=1S/C36H44N6O6S/c43-29(25-39-17-21-41(22-18-39)35-5-1-3-15-37-35)27-47-31-7-11-33(12-8-31)49(45,46)34-13-9-32(10-14-34)48-28-30(44)26-40-19-23-42(24-20-40)36-6-2-4-16-38-36/h1-16,29-30,43-44H,17-28H2. The Kier molecular flexibility index (Phi) is 11.6. The molecule has 0 aliphatic carbocycles. The van der Waals surface area contributed by atoms with Crippen molar-refractivity contribution >= 4 is 21.5 Å². The molecule has 2 aromatic heterocycles. The Balaban J connectivity index is 0.908. The number of aliphatic hydroxyl groups excluding tert-OH is 2. The number of anilines is 2. The van der Waals surface area contributed by atoms with Crippen molar-refractivity contribution in [2.45, 2.75) is 22.0 Å². The maximum Gasteiger partial charge on any atom is 0.206 e. The van der Waals surface area contributed by atoms with Crippen molar-refractivity contribution in [2.24, 2.45) is 0 Å². The number of pyridine rings is 2. The van der Waals surface area contributed by atoms with Gasteiger partial charge in [-0.3, -0.25) is 9.80 Å². The number of benzene rings is 2. The monoisotopic (exact) mass is 688 g/mol. The number of aromatic nitrogens is 2. The van der Waals surface area contributed by atoms with Crippen LogP contribution in [0.1, 0.15) is 0 Å². The zero-order valence-corrected chi connectivity index (χ0v) is 28.3. The molecule has 2 saturated heterocycles. The molecule has 2 aliphatic heterocycles. The minimum Gasteiger partial charge on any atom is -0.491 e. The van der Waals surface area contributed by atoms with Crippen LogP contribution >= 0.6 is 0 Å². The third kappa shape index (κ3) is 9.46. The van der Waals surface area contributed by atoms with E-state index in [9.17, 15) is 18.6 Å². The van der Waals surface area contributed by atoms with Gasteiger partial charge in [0.1, 0.15) is 48.6 Å². The molecule has 12 nitrogen and oxygen atoms in total. The van der Waals surface area contributed by atoms with Gasteiger partial charge in [0, 0.05) is 77.8 Å². The predicted molar refractivity (Wildman–Crippen MR) is 187 cm³/mol. The van der Waals surface area contributed by atoms with Gasteiger partial charge in [-0.15, -0.1) is 0 Å². The average molecular weight is 689 g/mol. The number of sulfone groups is 1. The Morgan fingerprint density at radius 1 is 0.571 bits per heavy atom. The number of hydrogen-bond donors (Lipinski definition) is 2. The van der Waals surface area contributed by atoms with Crippen molar-refractivity contribution < 1.29 is 28.1 Å². The van der Waals surface area contributed by atoms with E-state index >= 15 is 0 Å². The normalized spacial score (nSPS) is 17.4. The van der Waals surface area contributed by atoms with Gasteiger partial charge in [-0.2, -0.15) is 0 Å². The summed E-state index contributed by atoms with van der Waals surface area (Å²) in [5.74, 6) is 2.89. The largest absolute Gasteiger partial charge is 0.491 e. The van der Waals surface area contributed by atoms with Gasteiger partial charge in [-0.05, 0) is 72.8 Å². The van der Waals surface area contributed by atoms with Crippen molar-refractivity contribution in [2.75, 3.05) is 88.5 Å². The third-order valence-electron chi connectivity index (χ3n) is 8.78. The molecule has 2 fully saturated rings. The summed E-state index contributed by atoms with van der Waals surface area (Å²) in [5, 5.41) is 21.1. The number of piperazine rings is 2. The van der Waals surface area contributed by atoms with E-state index in [4.69, 9.17) is 9.47 Å². The van der Waals surface area contributed by atoms with Crippen LogP contribution in [0.15, 0.2) is 107 Å². The molecule has 4 aromatic rings. The Morgan fingerprint density at radius 3 is 1.31 bits per heavy atom. The summed E-state index contributed by atoms with van der Waals surface area (Å²) in [6, 6.07) is 24.2. The quantitative estimate of drug-likeness (QED) is 0.202. The highest BCUT2D eigenvalue weighted by molar-refractivity contribution is 7.91. The molecule has 2 aromatic carbocycles. The highest BCUT2D eigenvalue weighted by Crippen LogP contribution is 2.25. The van der Waals surface area contributed by atoms with Crippen molar-refractivity contribution in [1.29, 1.82) is 0 Å². The van der Waals surface area contributed by atoms with Crippen LogP contribution < -0.4 is 19.3 Å². The lowest BCUT2D eigenvalue weighted by molar-refractivity contribution is 0.0661. The molecule has 4 heterocycles. The molecule has 0 radical (unpaired) electrons. The molecule has 6 rings (SSSR count). The second-order valence-corrected chi connectivity index (χ2v) is 14.3. The first-order valence-electron chi connectivity index (χ1n) is 16.7. The Labute approximate surface area is 288 Å². The predicted octanol–water partition coefficient (Wildman–Crippen LogP) is 2.43. The first kappa shape index (κ1) is 34.6. The van der Waals surface area contributed by atoms with Crippen LogP contribution in [-0.4, -0.2) is 129 Å². The van der Waals surface area contributed by atoms with Gasteiger partial charge in [0.25, 0.3) is 0 Å². The van der Waals surface area contributed by atoms with E-state index in [1.807, 2.05) is 36.4 Å². The molecule has 13 heteroatoms. The second-order valence-electron chi connectivity index (χ2n) is 12.3. The maximum absolute atomic E-state index is 13.3. The van der Waals surface area contributed by atoms with Crippen LogP contribution in [0.5, 0.6) is 11.5 Å². The van der Waals surface area contributed by atoms with Gasteiger partial charge in [0.2, 0.25) is 9.84 Å². The maximum atomic E-state index is 13.3. The van der Waals surface area contributed by atoms with Crippen molar-refractivity contribution in [3.05, 3.63) is 97.3 Å². The van der Waals surface area contributed by atoms with Gasteiger partial charge < -0.3 is 29.5 Å². The molecule has 49 heavy (non-hydrogen) atoms. The lowest BCUT2D eigenvalue weighted by atomic mass is 10.2. The lowest BCUT2D eigenvalue weighted by Gasteiger charge is -2.36. The van der Waals surface area contributed by atoms with Crippen LogP contribution in [0.4, 0.5) is 11.6 Å². The van der Waals surface area contributed by atoms with Gasteiger partial charge in [0.15, 0.2) is 0 Å². The molecular weight excluding hydrogens is 644 g/mol. The number of nitrogens with zero attached hydrogens (tertiary/aromatic N) is 6. The molecule has 0 bridgehead atoms. The SMILES string of the molecule is O=S(=O)(c1ccc(OCC(O)CN2CCN(c3ccccn3)CC2)cc1)c1ccc(OCC(O)CN2CCN(c3ccccn3)CC2)cc1. The molecule has 2 unspecified atom stereocenters. The van der Waals surface area contributed by atoms with Crippen LogP contribution in [0.2, 0.25) is 0 Å².